The Labute approximate surface area is 216 Å². The maximum absolute atomic E-state index is 13.5. The van der Waals surface area contributed by atoms with Gasteiger partial charge in [-0.2, -0.15) is 0 Å². The number of carbonyl (C=O) groups is 3. The topological polar surface area (TPSA) is 87.7 Å². The van der Waals surface area contributed by atoms with Gasteiger partial charge in [-0.05, 0) is 59.0 Å². The predicted octanol–water partition coefficient (Wildman–Crippen LogP) is 5.84. The molecule has 0 saturated carbocycles. The molecular weight excluding hydrogens is 493 g/mol. The predicted molar refractivity (Wildman–Crippen MR) is 139 cm³/mol. The third kappa shape index (κ3) is 5.52. The number of carbonyl (C=O) groups excluding carboxylic acids is 3. The van der Waals surface area contributed by atoms with Crippen LogP contribution in [-0.4, -0.2) is 28.8 Å². The van der Waals surface area contributed by atoms with Crippen molar-refractivity contribution in [2.45, 2.75) is 18.7 Å². The molecule has 1 aromatic heterocycles. The van der Waals surface area contributed by atoms with Crippen molar-refractivity contribution in [1.82, 2.24) is 4.90 Å². The van der Waals surface area contributed by atoms with E-state index in [1.54, 1.807) is 36.4 Å². The molecule has 1 aliphatic heterocycles. The van der Waals surface area contributed by atoms with Crippen molar-refractivity contribution in [2.75, 3.05) is 10.6 Å². The Kier molecular flexibility index (Phi) is 6.96. The molecule has 2 heterocycles. The monoisotopic (exact) mass is 515 g/mol. The van der Waals surface area contributed by atoms with Gasteiger partial charge in [0.2, 0.25) is 0 Å². The summed E-state index contributed by atoms with van der Waals surface area (Å²) in [4.78, 5) is 41.0. The summed E-state index contributed by atoms with van der Waals surface area (Å²) < 4.78 is 19.1. The Balaban J connectivity index is 1.44. The fourth-order valence-corrected chi connectivity index (χ4v) is 4.75. The van der Waals surface area contributed by atoms with Gasteiger partial charge in [-0.1, -0.05) is 48.5 Å². The van der Waals surface area contributed by atoms with Gasteiger partial charge in [0.15, 0.2) is 12.1 Å². The molecule has 1 aliphatic rings. The van der Waals surface area contributed by atoms with E-state index in [2.05, 4.69) is 10.6 Å². The molecule has 7 nitrogen and oxygen atoms in total. The van der Waals surface area contributed by atoms with E-state index < -0.39 is 30.0 Å². The van der Waals surface area contributed by atoms with Crippen LogP contribution in [0.15, 0.2) is 96.4 Å². The summed E-state index contributed by atoms with van der Waals surface area (Å²) in [6.45, 7) is 0.159. The molecule has 9 heteroatoms. The van der Waals surface area contributed by atoms with Crippen molar-refractivity contribution in [3.05, 3.63) is 118 Å². The molecule has 2 N–H and O–H groups in total. The lowest BCUT2D eigenvalue weighted by Gasteiger charge is -2.24. The summed E-state index contributed by atoms with van der Waals surface area (Å²) >= 11 is 1.32. The fraction of sp³-hybridized carbons (Fsp3) is 0.107. The first-order valence-electron chi connectivity index (χ1n) is 11.5. The third-order valence-corrected chi connectivity index (χ3v) is 6.75. The maximum Gasteiger partial charge on any atom is 0.411 e. The maximum atomic E-state index is 13.5. The minimum Gasteiger partial charge on any atom is -0.438 e. The zero-order chi connectivity index (χ0) is 25.8. The molecule has 3 amide bonds. The highest BCUT2D eigenvalue weighted by atomic mass is 32.1. The highest BCUT2D eigenvalue weighted by molar-refractivity contribution is 7.12. The van der Waals surface area contributed by atoms with Gasteiger partial charge in [0.1, 0.15) is 5.82 Å². The van der Waals surface area contributed by atoms with Crippen LogP contribution in [0.2, 0.25) is 0 Å². The SMILES string of the molecule is O=C(Nc1cccc([C@@H]2OC(=O)N(Cc3ccccc3)[C@H]2C(=O)Nc2ccc(F)cc2)c1)c1cccs1. The normalized spacial score (nSPS) is 16.8. The minimum atomic E-state index is -1.01. The van der Waals surface area contributed by atoms with E-state index in [0.717, 1.165) is 5.56 Å². The third-order valence-electron chi connectivity index (χ3n) is 5.88. The van der Waals surface area contributed by atoms with Crippen LogP contribution in [0.1, 0.15) is 26.9 Å². The number of cyclic esters (lactones) is 1. The van der Waals surface area contributed by atoms with Gasteiger partial charge >= 0.3 is 6.09 Å². The van der Waals surface area contributed by atoms with Crippen molar-refractivity contribution < 1.29 is 23.5 Å². The Morgan fingerprint density at radius 1 is 0.892 bits per heavy atom. The lowest BCUT2D eigenvalue weighted by molar-refractivity contribution is -0.121. The van der Waals surface area contributed by atoms with Crippen molar-refractivity contribution in [1.29, 1.82) is 0 Å². The molecule has 0 aliphatic carbocycles. The number of thiophene rings is 1. The Hall–Kier alpha value is -4.50. The molecule has 186 valence electrons. The molecule has 5 rings (SSSR count). The molecule has 0 bridgehead atoms. The summed E-state index contributed by atoms with van der Waals surface area (Å²) in [6, 6.07) is 24.0. The van der Waals surface area contributed by atoms with Crippen LogP contribution in [0, 0.1) is 5.82 Å². The first kappa shape index (κ1) is 24.2. The van der Waals surface area contributed by atoms with Gasteiger partial charge in [0.05, 0.1) is 11.4 Å². The highest BCUT2D eigenvalue weighted by Crippen LogP contribution is 2.35. The average Bonchev–Trinajstić information content (AvgIpc) is 3.55. The molecule has 37 heavy (non-hydrogen) atoms. The van der Waals surface area contributed by atoms with E-state index in [0.29, 0.717) is 21.8 Å². The number of hydrogen-bond acceptors (Lipinski definition) is 5. The van der Waals surface area contributed by atoms with Crippen molar-refractivity contribution >= 4 is 40.6 Å². The van der Waals surface area contributed by atoms with Gasteiger partial charge in [0.25, 0.3) is 11.8 Å². The Morgan fingerprint density at radius 3 is 2.41 bits per heavy atom. The van der Waals surface area contributed by atoms with E-state index >= 15 is 0 Å². The van der Waals surface area contributed by atoms with Crippen LogP contribution in [-0.2, 0) is 16.1 Å². The van der Waals surface area contributed by atoms with E-state index in [1.807, 2.05) is 35.7 Å². The number of halogens is 1. The fourth-order valence-electron chi connectivity index (χ4n) is 4.13. The summed E-state index contributed by atoms with van der Waals surface area (Å²) in [7, 11) is 0. The lowest BCUT2D eigenvalue weighted by atomic mass is 10.00. The van der Waals surface area contributed by atoms with E-state index in [9.17, 15) is 18.8 Å². The number of benzene rings is 3. The molecule has 1 saturated heterocycles. The lowest BCUT2D eigenvalue weighted by Crippen LogP contribution is -2.43. The zero-order valence-electron chi connectivity index (χ0n) is 19.5. The Bertz CT molecular complexity index is 1410. The second-order valence-corrected chi connectivity index (χ2v) is 9.36. The number of nitrogens with one attached hydrogen (secondary N) is 2. The van der Waals surface area contributed by atoms with Crippen molar-refractivity contribution in [3.63, 3.8) is 0 Å². The van der Waals surface area contributed by atoms with Crippen molar-refractivity contribution in [2.24, 2.45) is 0 Å². The average molecular weight is 516 g/mol. The van der Waals surface area contributed by atoms with E-state index in [-0.39, 0.29) is 12.5 Å². The Morgan fingerprint density at radius 2 is 1.68 bits per heavy atom. The van der Waals surface area contributed by atoms with Crippen molar-refractivity contribution in [3.8, 4) is 0 Å². The highest BCUT2D eigenvalue weighted by Gasteiger charge is 2.47. The molecule has 0 unspecified atom stereocenters. The molecule has 4 aromatic rings. The van der Waals surface area contributed by atoms with Gasteiger partial charge in [-0.3, -0.25) is 14.5 Å². The van der Waals surface area contributed by atoms with Crippen LogP contribution in [0.25, 0.3) is 0 Å². The largest absolute Gasteiger partial charge is 0.438 e. The van der Waals surface area contributed by atoms with Gasteiger partial charge in [-0.25, -0.2) is 9.18 Å². The number of nitrogens with zero attached hydrogens (tertiary/aromatic N) is 1. The van der Waals surface area contributed by atoms with Gasteiger partial charge in [-0.15, -0.1) is 11.3 Å². The van der Waals surface area contributed by atoms with Crippen LogP contribution in [0.5, 0.6) is 0 Å². The minimum absolute atomic E-state index is 0.159. The number of ether oxygens (including phenoxy) is 1. The van der Waals surface area contributed by atoms with Crippen LogP contribution in [0.3, 0.4) is 0 Å². The van der Waals surface area contributed by atoms with Crippen LogP contribution in [0.4, 0.5) is 20.6 Å². The second-order valence-electron chi connectivity index (χ2n) is 8.42. The molecule has 0 spiro atoms. The number of amides is 3. The number of anilines is 2. The quantitative estimate of drug-likeness (QED) is 0.324. The van der Waals surface area contributed by atoms with E-state index in [4.69, 9.17) is 4.74 Å². The first-order valence-corrected chi connectivity index (χ1v) is 12.4. The number of hydrogen-bond donors (Lipinski definition) is 2. The summed E-state index contributed by atoms with van der Waals surface area (Å²) in [5.74, 6) is -1.17. The summed E-state index contributed by atoms with van der Waals surface area (Å²) in [5, 5.41) is 7.42. The molecule has 3 aromatic carbocycles. The molecule has 1 fully saturated rings. The van der Waals surface area contributed by atoms with Crippen LogP contribution >= 0.6 is 11.3 Å². The smallest absolute Gasteiger partial charge is 0.411 e. The van der Waals surface area contributed by atoms with E-state index in [1.165, 1.54) is 40.5 Å². The summed E-state index contributed by atoms with van der Waals surface area (Å²) in [5.41, 5.74) is 2.27. The summed E-state index contributed by atoms with van der Waals surface area (Å²) in [6.07, 6.45) is -1.57. The first-order chi connectivity index (χ1) is 18.0. The molecule has 2 atom stereocenters. The molecule has 0 radical (unpaired) electrons. The molecular formula is C28H22FN3O4S. The number of rotatable bonds is 7. The van der Waals surface area contributed by atoms with Crippen LogP contribution < -0.4 is 10.6 Å². The van der Waals surface area contributed by atoms with Gasteiger partial charge in [0, 0.05) is 11.4 Å². The van der Waals surface area contributed by atoms with Gasteiger partial charge < -0.3 is 15.4 Å². The standard InChI is InChI=1S/C28H22FN3O4S/c29-20-11-13-21(14-12-20)30-27(34)24-25(36-28(35)32(24)17-18-6-2-1-3-7-18)19-8-4-9-22(16-19)31-26(33)23-10-5-15-37-23/h1-16,24-25H,17H2,(H,30,34)(H,31,33)/t24-,25+/m1/s1. The zero-order valence-corrected chi connectivity index (χ0v) is 20.3. The second kappa shape index (κ2) is 10.6.